The average Bonchev–Trinajstić information content (AvgIpc) is 2.97. The van der Waals surface area contributed by atoms with E-state index >= 15 is 0 Å². The number of benzene rings is 1. The van der Waals surface area contributed by atoms with Crippen LogP contribution in [-0.4, -0.2) is 33.8 Å². The summed E-state index contributed by atoms with van der Waals surface area (Å²) in [5.41, 5.74) is 0.891. The molecule has 9 heteroatoms. The monoisotopic (exact) mass is 346 g/mol. The minimum atomic E-state index is -1.52. The van der Waals surface area contributed by atoms with Gasteiger partial charge in [-0.3, -0.25) is 19.2 Å². The summed E-state index contributed by atoms with van der Waals surface area (Å²) in [6.45, 7) is 3.86. The third-order valence-corrected chi connectivity index (χ3v) is 4.87. The molecule has 2 aliphatic rings. The van der Waals surface area contributed by atoms with Gasteiger partial charge in [0.25, 0.3) is 5.91 Å². The molecule has 0 aliphatic carbocycles. The third-order valence-electron chi connectivity index (χ3n) is 3.63. The number of hydrogen-bond acceptors (Lipinski definition) is 6. The zero-order valence-electron chi connectivity index (χ0n) is 13.2. The van der Waals surface area contributed by atoms with E-state index in [0.717, 1.165) is 21.7 Å². The summed E-state index contributed by atoms with van der Waals surface area (Å²) in [4.78, 5) is 48.0. The van der Waals surface area contributed by atoms with Crippen molar-refractivity contribution in [2.45, 2.75) is 25.6 Å². The van der Waals surface area contributed by atoms with E-state index in [9.17, 15) is 19.2 Å². The Morgan fingerprint density at radius 2 is 1.79 bits per heavy atom. The molecule has 1 N–H and O–H groups in total. The summed E-state index contributed by atoms with van der Waals surface area (Å²) >= 11 is 0.937. The lowest BCUT2D eigenvalue weighted by Crippen LogP contribution is -2.49. The lowest BCUT2D eigenvalue weighted by atomic mass is 10.1. The Morgan fingerprint density at radius 3 is 2.38 bits per heavy atom. The van der Waals surface area contributed by atoms with Gasteiger partial charge in [0, 0.05) is 26.3 Å². The molecule has 8 nitrogen and oxygen atoms in total. The highest BCUT2D eigenvalue weighted by atomic mass is 32.2. The number of hydrazone groups is 1. The molecule has 0 bridgehead atoms. The van der Waals surface area contributed by atoms with Gasteiger partial charge >= 0.3 is 0 Å². The van der Waals surface area contributed by atoms with Gasteiger partial charge in [-0.05, 0) is 17.8 Å². The predicted molar refractivity (Wildman–Crippen MR) is 87.6 cm³/mol. The van der Waals surface area contributed by atoms with Crippen LogP contribution >= 0.6 is 11.8 Å². The molecule has 0 unspecified atom stereocenters. The predicted octanol–water partition coefficient (Wildman–Crippen LogP) is 0.735. The number of anilines is 1. The van der Waals surface area contributed by atoms with Crippen molar-refractivity contribution in [2.24, 2.45) is 5.10 Å². The van der Waals surface area contributed by atoms with Crippen LogP contribution in [0.15, 0.2) is 29.4 Å². The minimum absolute atomic E-state index is 0.131. The summed E-state index contributed by atoms with van der Waals surface area (Å²) in [6.07, 6.45) is 0. The van der Waals surface area contributed by atoms with Gasteiger partial charge in [-0.2, -0.15) is 5.01 Å². The smallest absolute Gasteiger partial charge is 0.277 e. The molecule has 0 aromatic heterocycles. The van der Waals surface area contributed by atoms with Crippen LogP contribution in [0.3, 0.4) is 0 Å². The maximum absolute atomic E-state index is 13.1. The van der Waals surface area contributed by atoms with Gasteiger partial charge in [-0.1, -0.05) is 18.2 Å². The van der Waals surface area contributed by atoms with E-state index in [1.54, 1.807) is 24.3 Å². The third kappa shape index (κ3) is 2.12. The summed E-state index contributed by atoms with van der Waals surface area (Å²) in [5.74, 6) is -1.89. The zero-order valence-corrected chi connectivity index (χ0v) is 14.0. The first kappa shape index (κ1) is 16.2. The molecular formula is C15H14N4O4S. The van der Waals surface area contributed by atoms with Crippen LogP contribution in [0.4, 0.5) is 5.69 Å². The van der Waals surface area contributed by atoms with Crippen molar-refractivity contribution in [3.05, 3.63) is 29.8 Å². The molecule has 1 spiro atoms. The number of carbonyl (C=O) groups excluding carboxylic acids is 4. The lowest BCUT2D eigenvalue weighted by Gasteiger charge is -2.29. The highest BCUT2D eigenvalue weighted by Crippen LogP contribution is 2.54. The molecule has 1 atom stereocenters. The second kappa shape index (κ2) is 5.45. The topological polar surface area (TPSA) is 99.2 Å². The largest absolute Gasteiger partial charge is 0.304 e. The minimum Gasteiger partial charge on any atom is -0.304 e. The fourth-order valence-corrected chi connectivity index (χ4v) is 4.12. The molecule has 4 amide bonds. The quantitative estimate of drug-likeness (QED) is 0.747. The van der Waals surface area contributed by atoms with Crippen molar-refractivity contribution in [1.82, 2.24) is 10.3 Å². The number of fused-ring (bicyclic) bond motifs is 2. The molecule has 24 heavy (non-hydrogen) atoms. The number of hydrogen-bond donors (Lipinski definition) is 1. The van der Waals surface area contributed by atoms with E-state index in [1.165, 1.54) is 20.8 Å². The number of nitrogens with one attached hydrogen (secondary N) is 1. The zero-order chi connectivity index (χ0) is 17.6. The van der Waals surface area contributed by atoms with Crippen molar-refractivity contribution in [3.63, 3.8) is 0 Å². The van der Waals surface area contributed by atoms with Crippen LogP contribution in [0.25, 0.3) is 0 Å². The van der Waals surface area contributed by atoms with E-state index < -0.39 is 22.6 Å². The lowest BCUT2D eigenvalue weighted by molar-refractivity contribution is -0.140. The van der Waals surface area contributed by atoms with Crippen LogP contribution in [-0.2, 0) is 24.0 Å². The number of thioether (sulfide) groups is 1. The maximum Gasteiger partial charge on any atom is 0.277 e. The van der Waals surface area contributed by atoms with Crippen LogP contribution in [0.5, 0.6) is 0 Å². The van der Waals surface area contributed by atoms with Crippen LogP contribution in [0.1, 0.15) is 26.3 Å². The van der Waals surface area contributed by atoms with Crippen molar-refractivity contribution in [3.8, 4) is 0 Å². The number of para-hydroxylation sites is 1. The Hall–Kier alpha value is -2.68. The molecule has 0 fully saturated rings. The van der Waals surface area contributed by atoms with Crippen LogP contribution < -0.4 is 10.2 Å². The molecule has 124 valence electrons. The van der Waals surface area contributed by atoms with Crippen LogP contribution in [0.2, 0.25) is 0 Å². The molecule has 1 aromatic rings. The SMILES string of the molecule is CC(=O)NC1=NN(C(C)=O)[C@]2(S1)C(=O)N(C(C)=O)c1ccccc12. The molecule has 2 aliphatic heterocycles. The highest BCUT2D eigenvalue weighted by Gasteiger charge is 2.61. The fourth-order valence-electron chi connectivity index (χ4n) is 2.81. The number of amidine groups is 1. The molecule has 2 heterocycles. The Morgan fingerprint density at radius 1 is 1.12 bits per heavy atom. The van der Waals surface area contributed by atoms with E-state index in [-0.39, 0.29) is 11.1 Å². The molecule has 0 saturated carbocycles. The summed E-state index contributed by atoms with van der Waals surface area (Å²) in [6, 6.07) is 6.73. The normalized spacial score (nSPS) is 21.8. The van der Waals surface area contributed by atoms with Gasteiger partial charge in [0.05, 0.1) is 5.69 Å². The second-order valence-corrected chi connectivity index (χ2v) is 6.52. The number of rotatable bonds is 0. The first-order valence-electron chi connectivity index (χ1n) is 7.09. The van der Waals surface area contributed by atoms with Crippen molar-refractivity contribution < 1.29 is 19.2 Å². The molecule has 1 aromatic carbocycles. The van der Waals surface area contributed by atoms with Crippen molar-refractivity contribution in [2.75, 3.05) is 4.90 Å². The van der Waals surface area contributed by atoms with Crippen molar-refractivity contribution >= 4 is 46.2 Å². The van der Waals surface area contributed by atoms with Crippen LogP contribution in [0, 0.1) is 0 Å². The number of nitrogens with zero attached hydrogens (tertiary/aromatic N) is 3. The Balaban J connectivity index is 2.19. The maximum atomic E-state index is 13.1. The summed E-state index contributed by atoms with van der Waals surface area (Å²) in [5, 5.41) is 7.73. The Bertz CT molecular complexity index is 821. The summed E-state index contributed by atoms with van der Waals surface area (Å²) in [7, 11) is 0. The van der Waals surface area contributed by atoms with E-state index in [1.807, 2.05) is 0 Å². The van der Waals surface area contributed by atoms with Gasteiger partial charge in [0.2, 0.25) is 22.6 Å². The van der Waals surface area contributed by atoms with Gasteiger partial charge < -0.3 is 5.32 Å². The fraction of sp³-hybridized carbons (Fsp3) is 0.267. The molecular weight excluding hydrogens is 332 g/mol. The first-order valence-corrected chi connectivity index (χ1v) is 7.91. The highest BCUT2D eigenvalue weighted by molar-refractivity contribution is 8.15. The number of imide groups is 1. The Labute approximate surface area is 141 Å². The first-order chi connectivity index (χ1) is 11.3. The molecule has 0 saturated heterocycles. The van der Waals surface area contributed by atoms with Gasteiger partial charge in [-0.15, -0.1) is 5.10 Å². The second-order valence-electron chi connectivity index (χ2n) is 5.34. The number of carbonyl (C=O) groups is 4. The van der Waals surface area contributed by atoms with E-state index in [4.69, 9.17) is 0 Å². The van der Waals surface area contributed by atoms with Gasteiger partial charge in [-0.25, -0.2) is 4.90 Å². The standard InChI is InChI=1S/C15H14N4O4S/c1-8(20)16-14-17-19(10(3)22)15(24-14)11-6-4-5-7-12(11)18(9(2)21)13(15)23/h4-7H,1-3H3,(H,16,17,20)/t15-/m1/s1. The number of amides is 4. The van der Waals surface area contributed by atoms with E-state index in [2.05, 4.69) is 10.4 Å². The van der Waals surface area contributed by atoms with Gasteiger partial charge in [0.1, 0.15) is 0 Å². The summed E-state index contributed by atoms with van der Waals surface area (Å²) < 4.78 is 0. The Kier molecular flexibility index (Phi) is 3.67. The van der Waals surface area contributed by atoms with E-state index in [0.29, 0.717) is 11.3 Å². The molecule has 0 radical (unpaired) electrons. The van der Waals surface area contributed by atoms with Gasteiger partial charge in [0.15, 0.2) is 5.17 Å². The molecule has 3 rings (SSSR count). The average molecular weight is 346 g/mol. The van der Waals surface area contributed by atoms with Crippen molar-refractivity contribution in [1.29, 1.82) is 0 Å².